The Labute approximate surface area is 151 Å². The second-order valence-corrected chi connectivity index (χ2v) is 7.47. The Morgan fingerprint density at radius 1 is 0.708 bits per heavy atom. The van der Waals surface area contributed by atoms with Crippen LogP contribution >= 0.6 is 0 Å². The maximum atomic E-state index is 2.43. The zero-order chi connectivity index (χ0) is 17.5. The molecule has 1 aromatic heterocycles. The highest BCUT2D eigenvalue weighted by molar-refractivity contribution is 4.82. The smallest absolute Gasteiger partial charge is 0.237 e. The molecule has 0 radical (unpaired) electrons. The van der Waals surface area contributed by atoms with Crippen LogP contribution in [-0.4, -0.2) is 4.57 Å². The highest BCUT2D eigenvalue weighted by Crippen LogP contribution is 2.13. The Morgan fingerprint density at radius 3 is 1.62 bits per heavy atom. The predicted octanol–water partition coefficient (Wildman–Crippen LogP) is 6.36. The number of nitrogens with zero attached hydrogens (tertiary/aromatic N) is 2. The van der Waals surface area contributed by atoms with Gasteiger partial charge >= 0.3 is 0 Å². The van der Waals surface area contributed by atoms with Gasteiger partial charge in [0.2, 0.25) is 0 Å². The van der Waals surface area contributed by atoms with E-state index in [1.54, 1.807) is 0 Å². The van der Waals surface area contributed by atoms with E-state index in [0.29, 0.717) is 0 Å². The van der Waals surface area contributed by atoms with Crippen LogP contribution in [0.25, 0.3) is 0 Å². The number of unbranched alkanes of at least 4 members (excludes halogenated alkanes) is 13. The van der Waals surface area contributed by atoms with Crippen molar-refractivity contribution in [3.63, 3.8) is 0 Å². The van der Waals surface area contributed by atoms with Crippen molar-refractivity contribution in [2.45, 2.75) is 117 Å². The Morgan fingerprint density at radius 2 is 1.17 bits per heavy atom. The van der Waals surface area contributed by atoms with Crippen molar-refractivity contribution in [1.82, 2.24) is 4.57 Å². The predicted molar refractivity (Wildman–Crippen MR) is 105 cm³/mol. The van der Waals surface area contributed by atoms with Crippen molar-refractivity contribution in [1.29, 1.82) is 0 Å². The largest absolute Gasteiger partial charge is 0.255 e. The fourth-order valence-electron chi connectivity index (χ4n) is 3.69. The lowest BCUT2D eigenvalue weighted by atomic mass is 10.0. The first-order valence-corrected chi connectivity index (χ1v) is 10.8. The fourth-order valence-corrected chi connectivity index (χ4v) is 3.69. The number of imidazole rings is 1. The SMILES string of the molecule is CCCCCCCCCCCCCCCCn1cc[n+](C)c1CC. The van der Waals surface area contributed by atoms with Gasteiger partial charge in [-0.1, -0.05) is 90.9 Å². The number of hydrogen-bond acceptors (Lipinski definition) is 0. The third kappa shape index (κ3) is 9.49. The van der Waals surface area contributed by atoms with Crippen molar-refractivity contribution in [2.75, 3.05) is 0 Å². The molecule has 0 saturated heterocycles. The molecule has 24 heavy (non-hydrogen) atoms. The second kappa shape index (κ2) is 14.5. The topological polar surface area (TPSA) is 8.81 Å². The van der Waals surface area contributed by atoms with Crippen LogP contribution in [0.15, 0.2) is 12.4 Å². The molecule has 1 rings (SSSR count). The van der Waals surface area contributed by atoms with E-state index in [4.69, 9.17) is 0 Å². The first kappa shape index (κ1) is 21.3. The van der Waals surface area contributed by atoms with Crippen LogP contribution in [0.5, 0.6) is 0 Å². The minimum absolute atomic E-state index is 1.13. The molecule has 0 unspecified atom stereocenters. The average Bonchev–Trinajstić information content (AvgIpc) is 2.95. The summed E-state index contributed by atoms with van der Waals surface area (Å²) < 4.78 is 4.68. The lowest BCUT2D eigenvalue weighted by Crippen LogP contribution is -2.31. The molecule has 0 fully saturated rings. The van der Waals surface area contributed by atoms with Gasteiger partial charge in [0.1, 0.15) is 12.4 Å². The summed E-state index contributed by atoms with van der Waals surface area (Å²) in [5.41, 5.74) is 0. The maximum Gasteiger partial charge on any atom is 0.255 e. The summed E-state index contributed by atoms with van der Waals surface area (Å²) in [6.45, 7) is 5.74. The van der Waals surface area contributed by atoms with Crippen molar-refractivity contribution >= 4 is 0 Å². The molecule has 0 spiro atoms. The van der Waals surface area contributed by atoms with Gasteiger partial charge < -0.3 is 0 Å². The molecule has 0 N–H and O–H groups in total. The van der Waals surface area contributed by atoms with Crippen molar-refractivity contribution < 1.29 is 4.57 Å². The summed E-state index contributed by atoms with van der Waals surface area (Å²) in [4.78, 5) is 0. The summed E-state index contributed by atoms with van der Waals surface area (Å²) in [6.07, 6.45) is 25.6. The average molecular weight is 336 g/mol. The normalized spacial score (nSPS) is 11.3. The summed E-state index contributed by atoms with van der Waals surface area (Å²) in [7, 11) is 2.15. The molecule has 2 heteroatoms. The zero-order valence-corrected chi connectivity index (χ0v) is 16.9. The maximum absolute atomic E-state index is 2.43. The number of rotatable bonds is 16. The van der Waals surface area contributed by atoms with E-state index in [9.17, 15) is 0 Å². The van der Waals surface area contributed by atoms with Gasteiger partial charge in [0.05, 0.1) is 13.6 Å². The Bertz CT molecular complexity index is 395. The summed E-state index contributed by atoms with van der Waals surface area (Å²) >= 11 is 0. The van der Waals surface area contributed by atoms with Crippen LogP contribution in [0.3, 0.4) is 0 Å². The van der Waals surface area contributed by atoms with Crippen LogP contribution < -0.4 is 4.57 Å². The highest BCUT2D eigenvalue weighted by Gasteiger charge is 2.10. The van der Waals surface area contributed by atoms with Crippen LogP contribution in [0.4, 0.5) is 0 Å². The van der Waals surface area contributed by atoms with Crippen molar-refractivity contribution in [3.05, 3.63) is 18.2 Å². The molecule has 0 saturated carbocycles. The van der Waals surface area contributed by atoms with Crippen LogP contribution in [-0.2, 0) is 20.0 Å². The van der Waals surface area contributed by atoms with Gasteiger partial charge in [-0.05, 0) is 12.8 Å². The highest BCUT2D eigenvalue weighted by atomic mass is 15.1. The standard InChI is InChI=1S/C22H43N2/c1-4-6-7-8-9-10-11-12-13-14-15-16-17-18-19-24-21-20-23(3)22(24)5-2/h20-21H,4-19H2,1-3H3/q+1. The van der Waals surface area contributed by atoms with E-state index < -0.39 is 0 Å². The summed E-state index contributed by atoms with van der Waals surface area (Å²) in [5.74, 6) is 1.45. The van der Waals surface area contributed by atoms with E-state index in [1.807, 2.05) is 0 Å². The summed E-state index contributed by atoms with van der Waals surface area (Å²) in [5, 5.41) is 0. The Balaban J connectivity index is 1.84. The van der Waals surface area contributed by atoms with Crippen molar-refractivity contribution in [3.8, 4) is 0 Å². The lowest BCUT2D eigenvalue weighted by Gasteiger charge is -2.03. The number of aryl methyl sites for hydroxylation is 2. The number of hydrogen-bond donors (Lipinski definition) is 0. The van der Waals surface area contributed by atoms with Gasteiger partial charge in [-0.2, -0.15) is 0 Å². The molecule has 0 amide bonds. The minimum atomic E-state index is 1.13. The van der Waals surface area contributed by atoms with E-state index in [-0.39, 0.29) is 0 Å². The molecule has 0 aliphatic heterocycles. The molecule has 0 atom stereocenters. The monoisotopic (exact) mass is 335 g/mol. The van der Waals surface area contributed by atoms with Crippen molar-refractivity contribution in [2.24, 2.45) is 7.05 Å². The van der Waals surface area contributed by atoms with Gasteiger partial charge in [-0.25, -0.2) is 9.13 Å². The lowest BCUT2D eigenvalue weighted by molar-refractivity contribution is -0.678. The van der Waals surface area contributed by atoms with E-state index >= 15 is 0 Å². The summed E-state index contributed by atoms with van der Waals surface area (Å²) in [6, 6.07) is 0. The fraction of sp³-hybridized carbons (Fsp3) is 0.864. The molecule has 0 aliphatic carbocycles. The van der Waals surface area contributed by atoms with E-state index in [1.165, 1.54) is 102 Å². The third-order valence-corrected chi connectivity index (χ3v) is 5.28. The van der Waals surface area contributed by atoms with Gasteiger partial charge in [0.25, 0.3) is 5.82 Å². The number of aromatic nitrogens is 2. The Hall–Kier alpha value is -0.790. The first-order chi connectivity index (χ1) is 11.8. The first-order valence-electron chi connectivity index (χ1n) is 10.8. The molecule has 0 aliphatic rings. The van der Waals surface area contributed by atoms with E-state index in [2.05, 4.69) is 42.4 Å². The molecular weight excluding hydrogens is 292 g/mol. The zero-order valence-electron chi connectivity index (χ0n) is 16.9. The van der Waals surface area contributed by atoms with Gasteiger partial charge in [0.15, 0.2) is 0 Å². The van der Waals surface area contributed by atoms with Gasteiger partial charge in [-0.15, -0.1) is 0 Å². The van der Waals surface area contributed by atoms with Gasteiger partial charge in [-0.3, -0.25) is 0 Å². The molecule has 2 nitrogen and oxygen atoms in total. The Kier molecular flexibility index (Phi) is 12.9. The van der Waals surface area contributed by atoms with Crippen LogP contribution in [0.1, 0.15) is 110 Å². The third-order valence-electron chi connectivity index (χ3n) is 5.28. The molecule has 1 heterocycles. The van der Waals surface area contributed by atoms with Crippen LogP contribution in [0, 0.1) is 0 Å². The molecule has 1 aromatic rings. The molecule has 0 bridgehead atoms. The molecular formula is C22H43N2+. The quantitative estimate of drug-likeness (QED) is 0.246. The molecule has 140 valence electrons. The van der Waals surface area contributed by atoms with E-state index in [0.717, 1.165) is 6.42 Å². The van der Waals surface area contributed by atoms with Gasteiger partial charge in [0, 0.05) is 6.42 Å². The molecule has 0 aromatic carbocycles. The minimum Gasteiger partial charge on any atom is -0.237 e. The second-order valence-electron chi connectivity index (χ2n) is 7.47. The van der Waals surface area contributed by atoms with Crippen LogP contribution in [0.2, 0.25) is 0 Å².